The molecular formula is C32H35ClN4O4. The summed E-state index contributed by atoms with van der Waals surface area (Å²) >= 11 is 6.56. The molecule has 1 aliphatic carbocycles. The van der Waals surface area contributed by atoms with E-state index in [4.69, 9.17) is 16.3 Å². The molecule has 0 bridgehead atoms. The number of amides is 3. The van der Waals surface area contributed by atoms with Crippen LogP contribution in [0.1, 0.15) is 51.5 Å². The van der Waals surface area contributed by atoms with E-state index < -0.39 is 0 Å². The minimum Gasteiger partial charge on any atom is -0.496 e. The molecule has 8 nitrogen and oxygen atoms in total. The first-order chi connectivity index (χ1) is 19.7. The predicted molar refractivity (Wildman–Crippen MR) is 158 cm³/mol. The molecule has 3 aromatic rings. The first-order valence-corrected chi connectivity index (χ1v) is 14.5. The Bertz CT molecular complexity index is 1580. The zero-order valence-electron chi connectivity index (χ0n) is 23.8. The number of carbonyl (C=O) groups is 3. The summed E-state index contributed by atoms with van der Waals surface area (Å²) in [6.45, 7) is 7.74. The van der Waals surface area contributed by atoms with Gasteiger partial charge in [-0.15, -0.1) is 0 Å². The lowest BCUT2D eigenvalue weighted by Gasteiger charge is -2.43. The smallest absolute Gasteiger partial charge is 0.256 e. The van der Waals surface area contributed by atoms with Gasteiger partial charge in [-0.1, -0.05) is 30.3 Å². The summed E-state index contributed by atoms with van der Waals surface area (Å²) in [5.74, 6) is 0.887. The summed E-state index contributed by atoms with van der Waals surface area (Å²) in [5.41, 5.74) is 5.67. The van der Waals surface area contributed by atoms with Gasteiger partial charge in [0, 0.05) is 60.8 Å². The third-order valence-corrected chi connectivity index (χ3v) is 9.06. The minimum atomic E-state index is -0.121. The van der Waals surface area contributed by atoms with Gasteiger partial charge in [0.25, 0.3) is 5.91 Å². The molecule has 0 radical (unpaired) electrons. The first kappa shape index (κ1) is 27.4. The fourth-order valence-corrected chi connectivity index (χ4v) is 6.68. The fraction of sp³-hybridized carbons (Fsp3) is 0.406. The normalized spacial score (nSPS) is 16.8. The van der Waals surface area contributed by atoms with Crippen molar-refractivity contribution in [2.24, 2.45) is 0 Å². The molecule has 0 atom stereocenters. The summed E-state index contributed by atoms with van der Waals surface area (Å²) in [6.07, 6.45) is 3.98. The lowest BCUT2D eigenvalue weighted by atomic mass is 9.97. The Morgan fingerprint density at radius 2 is 1.93 bits per heavy atom. The number of hydrogen-bond donors (Lipinski definition) is 0. The van der Waals surface area contributed by atoms with Gasteiger partial charge in [-0.3, -0.25) is 14.4 Å². The van der Waals surface area contributed by atoms with E-state index in [9.17, 15) is 14.4 Å². The molecule has 3 amide bonds. The summed E-state index contributed by atoms with van der Waals surface area (Å²) < 4.78 is 7.63. The van der Waals surface area contributed by atoms with Crippen LogP contribution in [0.3, 0.4) is 0 Å². The van der Waals surface area contributed by atoms with Gasteiger partial charge in [-0.2, -0.15) is 0 Å². The maximum absolute atomic E-state index is 14.4. The summed E-state index contributed by atoms with van der Waals surface area (Å²) in [6, 6.07) is 9.72. The molecule has 1 aromatic heterocycles. The molecule has 1 saturated carbocycles. The van der Waals surface area contributed by atoms with Crippen LogP contribution in [-0.4, -0.2) is 76.8 Å². The van der Waals surface area contributed by atoms with E-state index in [2.05, 4.69) is 17.2 Å². The zero-order valence-corrected chi connectivity index (χ0v) is 24.5. The molecule has 3 aliphatic rings. The highest BCUT2D eigenvalue weighted by molar-refractivity contribution is 6.31. The van der Waals surface area contributed by atoms with Crippen LogP contribution in [0.2, 0.25) is 5.02 Å². The quantitative estimate of drug-likeness (QED) is 0.388. The topological polar surface area (TPSA) is 75.1 Å². The van der Waals surface area contributed by atoms with Crippen molar-refractivity contribution in [3.05, 3.63) is 76.0 Å². The van der Waals surface area contributed by atoms with Gasteiger partial charge in [0.05, 0.1) is 24.2 Å². The number of methoxy groups -OCH3 is 1. The number of carbonyl (C=O) groups excluding carboxylic acids is 3. The number of hydrogen-bond acceptors (Lipinski definition) is 4. The van der Waals surface area contributed by atoms with Crippen molar-refractivity contribution in [1.82, 2.24) is 19.3 Å². The highest BCUT2D eigenvalue weighted by atomic mass is 35.5. The van der Waals surface area contributed by atoms with Crippen molar-refractivity contribution < 1.29 is 19.1 Å². The van der Waals surface area contributed by atoms with Gasteiger partial charge in [-0.25, -0.2) is 0 Å². The predicted octanol–water partition coefficient (Wildman–Crippen LogP) is 4.54. The Morgan fingerprint density at radius 3 is 2.61 bits per heavy atom. The number of aryl methyl sites for hydroxylation is 1. The summed E-state index contributed by atoms with van der Waals surface area (Å²) in [5, 5.41) is 1.38. The number of likely N-dealkylation sites (tertiary alicyclic amines) is 1. The lowest BCUT2D eigenvalue weighted by Crippen LogP contribution is -2.61. The molecule has 3 heterocycles. The van der Waals surface area contributed by atoms with Crippen LogP contribution in [0.4, 0.5) is 0 Å². The number of aromatic nitrogens is 1. The van der Waals surface area contributed by atoms with E-state index in [0.717, 1.165) is 58.3 Å². The molecule has 0 N–H and O–H groups in total. The molecule has 1 saturated heterocycles. The van der Waals surface area contributed by atoms with Crippen LogP contribution in [0.5, 0.6) is 5.75 Å². The molecular weight excluding hydrogens is 540 g/mol. The molecule has 0 spiro atoms. The van der Waals surface area contributed by atoms with Gasteiger partial charge in [-0.05, 0) is 61.6 Å². The average molecular weight is 575 g/mol. The number of nitrogens with zero attached hydrogens (tertiary/aromatic N) is 4. The number of benzene rings is 2. The highest BCUT2D eigenvalue weighted by Crippen LogP contribution is 2.46. The van der Waals surface area contributed by atoms with Crippen LogP contribution < -0.4 is 4.74 Å². The Kier molecular flexibility index (Phi) is 7.06. The van der Waals surface area contributed by atoms with Gasteiger partial charge < -0.3 is 24.0 Å². The zero-order chi connectivity index (χ0) is 29.0. The minimum absolute atomic E-state index is 0.0239. The first-order valence-electron chi connectivity index (χ1n) is 14.1. The number of halogens is 1. The van der Waals surface area contributed by atoms with Crippen molar-refractivity contribution >= 4 is 40.2 Å². The van der Waals surface area contributed by atoms with Gasteiger partial charge in [0.1, 0.15) is 12.3 Å². The van der Waals surface area contributed by atoms with Gasteiger partial charge in [0.2, 0.25) is 11.8 Å². The van der Waals surface area contributed by atoms with E-state index in [1.165, 1.54) is 6.08 Å². The molecule has 2 aromatic carbocycles. The third-order valence-electron chi connectivity index (χ3n) is 8.84. The second-order valence-electron chi connectivity index (χ2n) is 11.4. The number of ether oxygens (including phenoxy) is 1. The molecule has 214 valence electrons. The molecule has 41 heavy (non-hydrogen) atoms. The van der Waals surface area contributed by atoms with E-state index in [1.807, 2.05) is 36.1 Å². The molecule has 6 rings (SSSR count). The summed E-state index contributed by atoms with van der Waals surface area (Å²) in [7, 11) is 3.47. The Hall–Kier alpha value is -3.78. The van der Waals surface area contributed by atoms with Crippen molar-refractivity contribution in [2.75, 3.05) is 33.8 Å². The van der Waals surface area contributed by atoms with Crippen LogP contribution in [0.25, 0.3) is 10.9 Å². The second-order valence-corrected chi connectivity index (χ2v) is 11.9. The second kappa shape index (κ2) is 10.6. The Labute approximate surface area is 245 Å². The SMILES string of the molecule is C=CC(=O)N1CC(N(C)C(=O)Cn2c(C3CC3)c(C(=O)N3CCc4c(cccc4OC)C3)c3cc(Cl)cc(C)c32)C1. The van der Waals surface area contributed by atoms with Crippen LogP contribution in [0.15, 0.2) is 43.0 Å². The van der Waals surface area contributed by atoms with Crippen LogP contribution in [-0.2, 0) is 29.1 Å². The number of rotatable bonds is 7. The number of likely N-dealkylation sites (N-methyl/N-ethyl adjacent to an activating group) is 1. The van der Waals surface area contributed by atoms with E-state index in [1.54, 1.807) is 24.0 Å². The maximum Gasteiger partial charge on any atom is 0.256 e. The largest absolute Gasteiger partial charge is 0.496 e. The lowest BCUT2D eigenvalue weighted by molar-refractivity contribution is -0.142. The Balaban J connectivity index is 1.36. The summed E-state index contributed by atoms with van der Waals surface area (Å²) in [4.78, 5) is 45.2. The van der Waals surface area contributed by atoms with E-state index >= 15 is 0 Å². The molecule has 2 fully saturated rings. The third kappa shape index (κ3) is 4.78. The number of fused-ring (bicyclic) bond motifs is 2. The standard InChI is InChI=1S/C32H35ClN4O4/c1-5-27(38)36-16-23(17-36)34(3)28(39)18-37-30-19(2)13-22(33)14-25(30)29(31(37)20-9-10-20)32(40)35-12-11-24-21(15-35)7-6-8-26(24)41-4/h5-8,13-14,20,23H,1,9-12,15-18H2,2-4H3. The van der Waals surface area contributed by atoms with E-state index in [0.29, 0.717) is 36.8 Å². The average Bonchev–Trinajstić information content (AvgIpc) is 3.73. The Morgan fingerprint density at radius 1 is 1.17 bits per heavy atom. The van der Waals surface area contributed by atoms with Crippen LogP contribution >= 0.6 is 11.6 Å². The molecule has 0 unspecified atom stereocenters. The van der Waals surface area contributed by atoms with Crippen molar-refractivity contribution in [3.63, 3.8) is 0 Å². The van der Waals surface area contributed by atoms with Crippen molar-refractivity contribution in [1.29, 1.82) is 0 Å². The highest BCUT2D eigenvalue weighted by Gasteiger charge is 2.39. The van der Waals surface area contributed by atoms with Crippen LogP contribution in [0, 0.1) is 6.92 Å². The van der Waals surface area contributed by atoms with Gasteiger partial charge >= 0.3 is 0 Å². The molecule has 2 aliphatic heterocycles. The van der Waals surface area contributed by atoms with E-state index in [-0.39, 0.29) is 36.2 Å². The fourth-order valence-electron chi connectivity index (χ4n) is 6.40. The monoisotopic (exact) mass is 574 g/mol. The van der Waals surface area contributed by atoms with Crippen molar-refractivity contribution in [3.8, 4) is 5.75 Å². The van der Waals surface area contributed by atoms with Crippen molar-refractivity contribution in [2.45, 2.75) is 51.2 Å². The molecule has 9 heteroatoms. The van der Waals surface area contributed by atoms with Gasteiger partial charge in [0.15, 0.2) is 0 Å². The maximum atomic E-state index is 14.4.